The average molecular weight is 319 g/mol. The van der Waals surface area contributed by atoms with Gasteiger partial charge in [-0.2, -0.15) is 0 Å². The summed E-state index contributed by atoms with van der Waals surface area (Å²) in [4.78, 5) is 25.2. The molecule has 0 spiro atoms. The van der Waals surface area contributed by atoms with Crippen LogP contribution in [-0.2, 0) is 16.1 Å². The van der Waals surface area contributed by atoms with Crippen LogP contribution in [0.25, 0.3) is 0 Å². The summed E-state index contributed by atoms with van der Waals surface area (Å²) in [6, 6.07) is 11.6. The fourth-order valence-corrected chi connectivity index (χ4v) is 2.06. The highest BCUT2D eigenvalue weighted by atomic mass is 19.1. The Morgan fingerprint density at radius 1 is 1.09 bits per heavy atom. The van der Waals surface area contributed by atoms with Gasteiger partial charge in [0, 0.05) is 12.6 Å². The third kappa shape index (κ3) is 4.35. The molecule has 4 nitrogen and oxygen atoms in total. The van der Waals surface area contributed by atoms with Gasteiger partial charge in [-0.3, -0.25) is 9.59 Å². The van der Waals surface area contributed by atoms with Gasteiger partial charge in [-0.1, -0.05) is 30.3 Å². The Hall–Kier alpha value is -2.76. The number of methoxy groups -OCH3 is 1. The van der Waals surface area contributed by atoms with E-state index in [9.17, 15) is 18.4 Å². The highest BCUT2D eigenvalue weighted by Gasteiger charge is 2.22. The number of rotatable bonds is 5. The first kappa shape index (κ1) is 16.6. The van der Waals surface area contributed by atoms with Crippen LogP contribution in [0.3, 0.4) is 0 Å². The predicted octanol–water partition coefficient (Wildman–Crippen LogP) is 2.78. The van der Waals surface area contributed by atoms with Crippen LogP contribution in [0, 0.1) is 11.6 Å². The lowest BCUT2D eigenvalue weighted by Crippen LogP contribution is -2.36. The van der Waals surface area contributed by atoms with Gasteiger partial charge in [-0.05, 0) is 17.7 Å². The van der Waals surface area contributed by atoms with Crippen molar-refractivity contribution in [2.45, 2.75) is 6.54 Å². The molecule has 0 saturated carbocycles. The van der Waals surface area contributed by atoms with Gasteiger partial charge in [0.2, 0.25) is 0 Å². The molecule has 0 unspecified atom stereocenters. The highest BCUT2D eigenvalue weighted by molar-refractivity contribution is 5.96. The number of hydrogen-bond donors (Lipinski definition) is 0. The van der Waals surface area contributed by atoms with E-state index in [1.165, 1.54) is 7.11 Å². The summed E-state index contributed by atoms with van der Waals surface area (Å²) in [6.45, 7) is -0.230. The summed E-state index contributed by atoms with van der Waals surface area (Å²) in [6.07, 6.45) is 0. The summed E-state index contributed by atoms with van der Waals surface area (Å²) < 4.78 is 31.4. The van der Waals surface area contributed by atoms with Crippen molar-refractivity contribution < 1.29 is 23.1 Å². The Bertz CT molecular complexity index is 704. The number of nitrogens with zero attached hydrogens (tertiary/aromatic N) is 1. The largest absolute Gasteiger partial charge is 0.468 e. The van der Waals surface area contributed by atoms with Crippen molar-refractivity contribution in [1.29, 1.82) is 0 Å². The quantitative estimate of drug-likeness (QED) is 0.796. The van der Waals surface area contributed by atoms with E-state index in [1.54, 1.807) is 24.3 Å². The Kier molecular flexibility index (Phi) is 5.41. The Labute approximate surface area is 132 Å². The van der Waals surface area contributed by atoms with E-state index < -0.39 is 23.5 Å². The molecule has 120 valence electrons. The van der Waals surface area contributed by atoms with Gasteiger partial charge in [0.1, 0.15) is 18.2 Å². The van der Waals surface area contributed by atoms with Crippen LogP contribution in [-0.4, -0.2) is 30.4 Å². The number of hydrogen-bond acceptors (Lipinski definition) is 3. The van der Waals surface area contributed by atoms with Crippen molar-refractivity contribution >= 4 is 11.9 Å². The summed E-state index contributed by atoms with van der Waals surface area (Å²) >= 11 is 0. The molecule has 0 aromatic heterocycles. The van der Waals surface area contributed by atoms with Crippen LogP contribution in [0.2, 0.25) is 0 Å². The molecule has 0 bridgehead atoms. The van der Waals surface area contributed by atoms with Gasteiger partial charge in [0.15, 0.2) is 0 Å². The second-order valence-corrected chi connectivity index (χ2v) is 4.85. The molecule has 1 amide bonds. The van der Waals surface area contributed by atoms with Gasteiger partial charge < -0.3 is 9.64 Å². The fourth-order valence-electron chi connectivity index (χ4n) is 2.06. The summed E-state index contributed by atoms with van der Waals surface area (Å²) in [5, 5.41) is 0. The summed E-state index contributed by atoms with van der Waals surface area (Å²) in [5.74, 6) is -3.09. The molecule has 2 rings (SSSR count). The number of halogens is 2. The van der Waals surface area contributed by atoms with Crippen molar-refractivity contribution in [3.05, 3.63) is 71.3 Å². The van der Waals surface area contributed by atoms with Crippen LogP contribution in [0.1, 0.15) is 15.9 Å². The molecular weight excluding hydrogens is 304 g/mol. The Balaban J connectivity index is 2.28. The average Bonchev–Trinajstić information content (AvgIpc) is 2.54. The van der Waals surface area contributed by atoms with Crippen LogP contribution in [0.4, 0.5) is 8.78 Å². The Morgan fingerprint density at radius 3 is 2.39 bits per heavy atom. The maximum absolute atomic E-state index is 13.8. The molecule has 0 heterocycles. The monoisotopic (exact) mass is 319 g/mol. The highest BCUT2D eigenvalue weighted by Crippen LogP contribution is 2.15. The van der Waals surface area contributed by atoms with Gasteiger partial charge in [-0.25, -0.2) is 8.78 Å². The third-order valence-corrected chi connectivity index (χ3v) is 3.21. The molecule has 0 aliphatic carbocycles. The number of benzene rings is 2. The van der Waals surface area contributed by atoms with E-state index in [2.05, 4.69) is 4.74 Å². The first-order chi connectivity index (χ1) is 11.0. The SMILES string of the molecule is COC(=O)CN(Cc1ccccc1)C(=O)c1ccc(F)cc1F. The van der Waals surface area contributed by atoms with Crippen LogP contribution in [0.5, 0.6) is 0 Å². The second kappa shape index (κ2) is 7.49. The number of carbonyl (C=O) groups excluding carboxylic acids is 2. The molecule has 0 N–H and O–H groups in total. The summed E-state index contributed by atoms with van der Waals surface area (Å²) in [7, 11) is 1.20. The topological polar surface area (TPSA) is 46.6 Å². The van der Waals surface area contributed by atoms with Gasteiger partial charge in [0.05, 0.1) is 12.7 Å². The predicted molar refractivity (Wildman–Crippen MR) is 79.6 cm³/mol. The molecule has 23 heavy (non-hydrogen) atoms. The normalized spacial score (nSPS) is 10.2. The van der Waals surface area contributed by atoms with Crippen molar-refractivity contribution in [1.82, 2.24) is 4.90 Å². The third-order valence-electron chi connectivity index (χ3n) is 3.21. The molecule has 0 aliphatic heterocycles. The molecule has 2 aromatic carbocycles. The molecule has 0 radical (unpaired) electrons. The van der Waals surface area contributed by atoms with E-state index in [4.69, 9.17) is 0 Å². The standard InChI is InChI=1S/C17H15F2NO3/c1-23-16(21)11-20(10-12-5-3-2-4-6-12)17(22)14-8-7-13(18)9-15(14)19/h2-9H,10-11H2,1H3. The molecule has 0 fully saturated rings. The molecule has 0 saturated heterocycles. The van der Waals surface area contributed by atoms with Crippen LogP contribution >= 0.6 is 0 Å². The molecule has 6 heteroatoms. The van der Waals surface area contributed by atoms with E-state index in [-0.39, 0.29) is 18.7 Å². The number of esters is 1. The minimum absolute atomic E-state index is 0.103. The zero-order chi connectivity index (χ0) is 16.8. The van der Waals surface area contributed by atoms with Crippen LogP contribution in [0.15, 0.2) is 48.5 Å². The van der Waals surface area contributed by atoms with Gasteiger partial charge in [0.25, 0.3) is 5.91 Å². The zero-order valence-electron chi connectivity index (χ0n) is 12.5. The smallest absolute Gasteiger partial charge is 0.325 e. The minimum Gasteiger partial charge on any atom is -0.468 e. The van der Waals surface area contributed by atoms with Gasteiger partial charge >= 0.3 is 5.97 Å². The molecular formula is C17H15F2NO3. The van der Waals surface area contributed by atoms with Crippen molar-refractivity contribution in [2.24, 2.45) is 0 Å². The number of ether oxygens (including phenoxy) is 1. The fraction of sp³-hybridized carbons (Fsp3) is 0.176. The Morgan fingerprint density at radius 2 is 1.78 bits per heavy atom. The van der Waals surface area contributed by atoms with Crippen LogP contribution < -0.4 is 0 Å². The molecule has 2 aromatic rings. The van der Waals surface area contributed by atoms with E-state index >= 15 is 0 Å². The molecule has 0 aliphatic rings. The first-order valence-electron chi connectivity index (χ1n) is 6.86. The van der Waals surface area contributed by atoms with Crippen molar-refractivity contribution in [3.63, 3.8) is 0 Å². The number of amides is 1. The van der Waals surface area contributed by atoms with Gasteiger partial charge in [-0.15, -0.1) is 0 Å². The lowest BCUT2D eigenvalue weighted by atomic mass is 10.1. The minimum atomic E-state index is -0.974. The zero-order valence-corrected chi connectivity index (χ0v) is 12.5. The maximum Gasteiger partial charge on any atom is 0.325 e. The van der Waals surface area contributed by atoms with Crippen molar-refractivity contribution in [3.8, 4) is 0 Å². The number of carbonyl (C=O) groups is 2. The van der Waals surface area contributed by atoms with E-state index in [1.807, 2.05) is 6.07 Å². The van der Waals surface area contributed by atoms with E-state index in [0.29, 0.717) is 6.07 Å². The van der Waals surface area contributed by atoms with Crippen molar-refractivity contribution in [2.75, 3.05) is 13.7 Å². The van der Waals surface area contributed by atoms with E-state index in [0.717, 1.165) is 22.6 Å². The first-order valence-corrected chi connectivity index (χ1v) is 6.86. The summed E-state index contributed by atoms with van der Waals surface area (Å²) in [5.41, 5.74) is 0.471. The lowest BCUT2D eigenvalue weighted by Gasteiger charge is -2.22. The molecule has 0 atom stereocenters. The second-order valence-electron chi connectivity index (χ2n) is 4.85. The maximum atomic E-state index is 13.8. The lowest BCUT2D eigenvalue weighted by molar-refractivity contribution is -0.141.